The van der Waals surface area contributed by atoms with Gasteiger partial charge in [-0.25, -0.2) is 13.1 Å². The molecule has 5 heteroatoms. The Balaban J connectivity index is 1.40. The summed E-state index contributed by atoms with van der Waals surface area (Å²) in [5.74, 6) is 2.03. The zero-order valence-corrected chi connectivity index (χ0v) is 18.7. The number of hydrogen-bond acceptors (Lipinski definition) is 3. The van der Waals surface area contributed by atoms with Crippen LogP contribution in [-0.4, -0.2) is 26.8 Å². The number of ether oxygens (including phenoxy) is 1. The standard InChI is InChI=1S/C25H33NO3S/c1-2-7-20-17-21-12-13-22(29-15-14-26-30(27,28)23-10-6-11-23)18-25(21)24(20)16-19-8-4-3-5-9-19/h3-5,8-9,12-13,18,20,23-24,26H,2,6-7,10-11,14-17H2,1H3. The minimum Gasteiger partial charge on any atom is -0.492 e. The lowest BCUT2D eigenvalue weighted by atomic mass is 9.84. The van der Waals surface area contributed by atoms with E-state index in [9.17, 15) is 8.42 Å². The maximum absolute atomic E-state index is 12.1. The molecule has 0 bridgehead atoms. The maximum Gasteiger partial charge on any atom is 0.214 e. The Kier molecular flexibility index (Phi) is 6.79. The molecular formula is C25H33NO3S. The summed E-state index contributed by atoms with van der Waals surface area (Å²) in [6.07, 6.45) is 7.22. The smallest absolute Gasteiger partial charge is 0.214 e. The molecule has 2 aromatic carbocycles. The van der Waals surface area contributed by atoms with E-state index in [2.05, 4.69) is 54.1 Å². The highest BCUT2D eigenvalue weighted by molar-refractivity contribution is 7.90. The van der Waals surface area contributed by atoms with Crippen LogP contribution in [0, 0.1) is 5.92 Å². The highest BCUT2D eigenvalue weighted by atomic mass is 32.2. The van der Waals surface area contributed by atoms with Crippen LogP contribution in [0.15, 0.2) is 48.5 Å². The van der Waals surface area contributed by atoms with Crippen LogP contribution >= 0.6 is 0 Å². The first-order valence-electron chi connectivity index (χ1n) is 11.3. The molecule has 1 N–H and O–H groups in total. The van der Waals surface area contributed by atoms with Gasteiger partial charge in [0.15, 0.2) is 0 Å². The lowest BCUT2D eigenvalue weighted by Gasteiger charge is -2.25. The van der Waals surface area contributed by atoms with Crippen molar-refractivity contribution < 1.29 is 13.2 Å². The van der Waals surface area contributed by atoms with E-state index in [1.807, 2.05) is 6.07 Å². The van der Waals surface area contributed by atoms with Gasteiger partial charge in [-0.05, 0) is 72.8 Å². The molecule has 162 valence electrons. The molecule has 1 fully saturated rings. The number of sulfonamides is 1. The van der Waals surface area contributed by atoms with Crippen molar-refractivity contribution in [2.24, 2.45) is 5.92 Å². The van der Waals surface area contributed by atoms with Crippen LogP contribution in [0.2, 0.25) is 0 Å². The van der Waals surface area contributed by atoms with Crippen LogP contribution in [0.25, 0.3) is 0 Å². The molecular weight excluding hydrogens is 394 g/mol. The van der Waals surface area contributed by atoms with Crippen molar-refractivity contribution in [1.82, 2.24) is 4.72 Å². The van der Waals surface area contributed by atoms with Crippen LogP contribution in [-0.2, 0) is 22.9 Å². The van der Waals surface area contributed by atoms with Crippen LogP contribution in [0.3, 0.4) is 0 Å². The summed E-state index contributed by atoms with van der Waals surface area (Å²) >= 11 is 0. The van der Waals surface area contributed by atoms with Crippen LogP contribution in [0.1, 0.15) is 61.6 Å². The predicted octanol–water partition coefficient (Wildman–Crippen LogP) is 4.84. The van der Waals surface area contributed by atoms with Crippen LogP contribution in [0.4, 0.5) is 0 Å². The Labute approximate surface area is 181 Å². The summed E-state index contributed by atoms with van der Waals surface area (Å²) in [6, 6.07) is 17.2. The summed E-state index contributed by atoms with van der Waals surface area (Å²) in [7, 11) is -3.17. The molecule has 0 aromatic heterocycles. The average molecular weight is 428 g/mol. The Morgan fingerprint density at radius 1 is 1.10 bits per heavy atom. The fraction of sp³-hybridized carbons (Fsp3) is 0.520. The van der Waals surface area contributed by atoms with Gasteiger partial charge in [0.1, 0.15) is 12.4 Å². The van der Waals surface area contributed by atoms with Gasteiger partial charge >= 0.3 is 0 Å². The lowest BCUT2D eigenvalue weighted by Crippen LogP contribution is -2.40. The van der Waals surface area contributed by atoms with Gasteiger partial charge in [-0.15, -0.1) is 0 Å². The van der Waals surface area contributed by atoms with Gasteiger partial charge in [-0.3, -0.25) is 0 Å². The molecule has 0 spiro atoms. The van der Waals surface area contributed by atoms with Crippen molar-refractivity contribution in [2.75, 3.05) is 13.2 Å². The highest BCUT2D eigenvalue weighted by Gasteiger charge is 2.32. The molecule has 30 heavy (non-hydrogen) atoms. The third-order valence-electron chi connectivity index (χ3n) is 6.69. The molecule has 2 atom stereocenters. The first kappa shape index (κ1) is 21.4. The first-order valence-corrected chi connectivity index (χ1v) is 12.9. The zero-order valence-electron chi connectivity index (χ0n) is 17.8. The first-order chi connectivity index (χ1) is 14.6. The fourth-order valence-corrected chi connectivity index (χ4v) is 6.40. The largest absolute Gasteiger partial charge is 0.492 e. The van der Waals surface area contributed by atoms with Gasteiger partial charge in [0.05, 0.1) is 5.25 Å². The highest BCUT2D eigenvalue weighted by Crippen LogP contribution is 2.43. The molecule has 4 rings (SSSR count). The summed E-state index contributed by atoms with van der Waals surface area (Å²) < 4.78 is 32.9. The zero-order chi connectivity index (χ0) is 21.0. The molecule has 2 unspecified atom stereocenters. The van der Waals surface area contributed by atoms with Gasteiger partial charge in [0, 0.05) is 6.54 Å². The molecule has 4 nitrogen and oxygen atoms in total. The Bertz CT molecular complexity index is 938. The molecule has 2 aliphatic carbocycles. The minimum atomic E-state index is -3.17. The molecule has 0 amide bonds. The molecule has 2 aromatic rings. The van der Waals surface area contributed by atoms with Gasteiger partial charge in [-0.2, -0.15) is 0 Å². The second kappa shape index (κ2) is 9.52. The second-order valence-corrected chi connectivity index (χ2v) is 10.8. The third kappa shape index (κ3) is 4.89. The van der Waals surface area contributed by atoms with E-state index in [1.54, 1.807) is 0 Å². The summed E-state index contributed by atoms with van der Waals surface area (Å²) in [5.41, 5.74) is 4.23. The third-order valence-corrected chi connectivity index (χ3v) is 8.65. The Morgan fingerprint density at radius 2 is 1.90 bits per heavy atom. The monoisotopic (exact) mass is 427 g/mol. The number of hydrogen-bond donors (Lipinski definition) is 1. The molecule has 0 radical (unpaired) electrons. The number of fused-ring (bicyclic) bond motifs is 1. The normalized spacial score (nSPS) is 21.2. The predicted molar refractivity (Wildman–Crippen MR) is 121 cm³/mol. The number of nitrogens with one attached hydrogen (secondary N) is 1. The van der Waals surface area contributed by atoms with E-state index in [-0.39, 0.29) is 5.25 Å². The molecule has 1 saturated carbocycles. The second-order valence-electron chi connectivity index (χ2n) is 8.75. The van der Waals surface area contributed by atoms with E-state index in [0.29, 0.717) is 25.0 Å². The van der Waals surface area contributed by atoms with Crippen molar-refractivity contribution in [3.8, 4) is 5.75 Å². The van der Waals surface area contributed by atoms with Gasteiger partial charge in [0.2, 0.25) is 10.0 Å². The Morgan fingerprint density at radius 3 is 2.60 bits per heavy atom. The number of benzene rings is 2. The Hall–Kier alpha value is -1.85. The molecule has 2 aliphatic rings. The SMILES string of the molecule is CCCC1Cc2ccc(OCCNS(=O)(=O)C3CCC3)cc2C1Cc1ccccc1. The molecule has 0 saturated heterocycles. The van der Waals surface area contributed by atoms with Gasteiger partial charge < -0.3 is 4.74 Å². The quantitative estimate of drug-likeness (QED) is 0.552. The fourth-order valence-electron chi connectivity index (χ4n) is 4.84. The lowest BCUT2D eigenvalue weighted by molar-refractivity contribution is 0.321. The topological polar surface area (TPSA) is 55.4 Å². The van der Waals surface area contributed by atoms with Crippen molar-refractivity contribution >= 4 is 10.0 Å². The molecule has 0 heterocycles. The van der Waals surface area contributed by atoms with E-state index in [0.717, 1.165) is 37.9 Å². The van der Waals surface area contributed by atoms with E-state index < -0.39 is 10.0 Å². The van der Waals surface area contributed by atoms with Gasteiger partial charge in [-0.1, -0.05) is 56.2 Å². The van der Waals surface area contributed by atoms with Crippen LogP contribution < -0.4 is 9.46 Å². The summed E-state index contributed by atoms with van der Waals surface area (Å²) in [5, 5.41) is -0.202. The maximum atomic E-state index is 12.1. The van der Waals surface area contributed by atoms with Crippen LogP contribution in [0.5, 0.6) is 5.75 Å². The van der Waals surface area contributed by atoms with E-state index >= 15 is 0 Å². The van der Waals surface area contributed by atoms with E-state index in [4.69, 9.17) is 4.74 Å². The van der Waals surface area contributed by atoms with Crippen molar-refractivity contribution in [1.29, 1.82) is 0 Å². The summed E-state index contributed by atoms with van der Waals surface area (Å²) in [4.78, 5) is 0. The van der Waals surface area contributed by atoms with Gasteiger partial charge in [0.25, 0.3) is 0 Å². The van der Waals surface area contributed by atoms with Crippen molar-refractivity contribution in [3.63, 3.8) is 0 Å². The summed E-state index contributed by atoms with van der Waals surface area (Å²) in [6.45, 7) is 2.94. The molecule has 0 aliphatic heterocycles. The van der Waals surface area contributed by atoms with Crippen molar-refractivity contribution in [2.45, 2.75) is 63.0 Å². The average Bonchev–Trinajstić information content (AvgIpc) is 3.01. The minimum absolute atomic E-state index is 0.202. The van der Waals surface area contributed by atoms with E-state index in [1.165, 1.54) is 29.5 Å². The van der Waals surface area contributed by atoms with Crippen molar-refractivity contribution in [3.05, 3.63) is 65.2 Å². The number of rotatable bonds is 10.